The van der Waals surface area contributed by atoms with Gasteiger partial charge in [-0.3, -0.25) is 0 Å². The maximum atomic E-state index is 11.9. The van der Waals surface area contributed by atoms with Gasteiger partial charge in [0.05, 0.1) is 18.2 Å². The monoisotopic (exact) mass is 246 g/mol. The fraction of sp³-hybridized carbons (Fsp3) is 0.900. The molecule has 1 atom stereocenters. The maximum Gasteiger partial charge on any atom is 0.228 e. The van der Waals surface area contributed by atoms with E-state index in [1.807, 2.05) is 0 Å². The van der Waals surface area contributed by atoms with Crippen LogP contribution in [0.1, 0.15) is 39.0 Å². The van der Waals surface area contributed by atoms with Gasteiger partial charge in [0, 0.05) is 0 Å². The zero-order chi connectivity index (χ0) is 12.2. The average molecular weight is 246 g/mol. The van der Waals surface area contributed by atoms with Crippen LogP contribution in [0.2, 0.25) is 0 Å². The molecule has 5 nitrogen and oxygen atoms in total. The van der Waals surface area contributed by atoms with Crippen LogP contribution in [0, 0.1) is 11.3 Å². The number of nitrogens with one attached hydrogen (secondary N) is 1. The van der Waals surface area contributed by atoms with E-state index in [0.29, 0.717) is 12.8 Å². The SMILES string of the molecule is CCC(C#N)S(=O)(=O)NC1(CO)CCCC1. The molecule has 2 N–H and O–H groups in total. The topological polar surface area (TPSA) is 90.2 Å². The second-order valence-electron chi connectivity index (χ2n) is 4.32. The lowest BCUT2D eigenvalue weighted by Gasteiger charge is -2.28. The van der Waals surface area contributed by atoms with Gasteiger partial charge in [0.25, 0.3) is 0 Å². The molecular formula is C10H18N2O3S. The third-order valence-corrected chi connectivity index (χ3v) is 5.02. The molecule has 0 aliphatic heterocycles. The van der Waals surface area contributed by atoms with Crippen molar-refractivity contribution in [2.24, 2.45) is 0 Å². The van der Waals surface area contributed by atoms with E-state index >= 15 is 0 Å². The number of rotatable bonds is 5. The average Bonchev–Trinajstić information content (AvgIpc) is 2.67. The molecule has 0 heterocycles. The summed E-state index contributed by atoms with van der Waals surface area (Å²) in [6.45, 7) is 1.46. The number of hydrogen-bond acceptors (Lipinski definition) is 4. The highest BCUT2D eigenvalue weighted by Crippen LogP contribution is 2.30. The molecule has 0 aromatic carbocycles. The molecule has 0 spiro atoms. The van der Waals surface area contributed by atoms with Crippen molar-refractivity contribution in [3.8, 4) is 6.07 Å². The fourth-order valence-corrected chi connectivity index (χ4v) is 3.69. The Kier molecular flexibility index (Phi) is 4.30. The van der Waals surface area contributed by atoms with Crippen molar-refractivity contribution in [2.45, 2.75) is 49.8 Å². The highest BCUT2D eigenvalue weighted by atomic mass is 32.2. The first-order valence-electron chi connectivity index (χ1n) is 5.53. The van der Waals surface area contributed by atoms with Gasteiger partial charge >= 0.3 is 0 Å². The van der Waals surface area contributed by atoms with Crippen LogP contribution in [0.15, 0.2) is 0 Å². The van der Waals surface area contributed by atoms with Gasteiger partial charge in [0.15, 0.2) is 5.25 Å². The number of hydrogen-bond donors (Lipinski definition) is 2. The van der Waals surface area contributed by atoms with Crippen LogP contribution in [0.4, 0.5) is 0 Å². The summed E-state index contributed by atoms with van der Waals surface area (Å²) in [5.74, 6) is 0. The van der Waals surface area contributed by atoms with Gasteiger partial charge < -0.3 is 5.11 Å². The van der Waals surface area contributed by atoms with E-state index in [9.17, 15) is 13.5 Å². The lowest BCUT2D eigenvalue weighted by molar-refractivity contribution is 0.185. The summed E-state index contributed by atoms with van der Waals surface area (Å²) in [7, 11) is -3.65. The normalized spacial score (nSPS) is 21.6. The highest BCUT2D eigenvalue weighted by molar-refractivity contribution is 7.90. The minimum atomic E-state index is -3.65. The van der Waals surface area contributed by atoms with E-state index in [1.54, 1.807) is 13.0 Å². The molecule has 16 heavy (non-hydrogen) atoms. The second kappa shape index (κ2) is 5.13. The molecule has 0 radical (unpaired) electrons. The standard InChI is InChI=1S/C10H18N2O3S/c1-2-9(7-11)16(14,15)12-10(8-13)5-3-4-6-10/h9,12-13H,2-6,8H2,1H3. The highest BCUT2D eigenvalue weighted by Gasteiger charge is 2.39. The van der Waals surface area contributed by atoms with Crippen LogP contribution >= 0.6 is 0 Å². The molecule has 1 rings (SSSR count). The summed E-state index contributed by atoms with van der Waals surface area (Å²) in [5, 5.41) is 17.0. The fourth-order valence-electron chi connectivity index (χ4n) is 2.10. The molecule has 0 bridgehead atoms. The number of sulfonamides is 1. The van der Waals surface area contributed by atoms with Crippen molar-refractivity contribution in [3.05, 3.63) is 0 Å². The Morgan fingerprint density at radius 1 is 1.50 bits per heavy atom. The van der Waals surface area contributed by atoms with Gasteiger partial charge in [-0.05, 0) is 19.3 Å². The van der Waals surface area contributed by atoms with Crippen molar-refractivity contribution in [1.82, 2.24) is 4.72 Å². The molecule has 0 aromatic heterocycles. The van der Waals surface area contributed by atoms with Gasteiger partial charge in [0.1, 0.15) is 0 Å². The van der Waals surface area contributed by atoms with Crippen LogP contribution in [-0.2, 0) is 10.0 Å². The van der Waals surface area contributed by atoms with E-state index in [2.05, 4.69) is 4.72 Å². The van der Waals surface area contributed by atoms with E-state index in [0.717, 1.165) is 12.8 Å². The minimum Gasteiger partial charge on any atom is -0.394 e. The van der Waals surface area contributed by atoms with Gasteiger partial charge in [-0.1, -0.05) is 19.8 Å². The van der Waals surface area contributed by atoms with Crippen molar-refractivity contribution in [1.29, 1.82) is 5.26 Å². The van der Waals surface area contributed by atoms with Gasteiger partial charge in [0.2, 0.25) is 10.0 Å². The third kappa shape index (κ3) is 2.73. The van der Waals surface area contributed by atoms with Crippen LogP contribution in [0.5, 0.6) is 0 Å². The molecule has 0 saturated heterocycles. The molecule has 0 amide bonds. The zero-order valence-electron chi connectivity index (χ0n) is 9.44. The minimum absolute atomic E-state index is 0.200. The van der Waals surface area contributed by atoms with E-state index in [4.69, 9.17) is 5.26 Å². The van der Waals surface area contributed by atoms with Gasteiger partial charge in [-0.2, -0.15) is 5.26 Å². The summed E-state index contributed by atoms with van der Waals surface area (Å²) in [6.07, 6.45) is 3.36. The van der Waals surface area contributed by atoms with Crippen molar-refractivity contribution < 1.29 is 13.5 Å². The first kappa shape index (κ1) is 13.4. The Hall–Kier alpha value is -0.640. The number of aliphatic hydroxyl groups is 1. The molecular weight excluding hydrogens is 228 g/mol. The summed E-state index contributed by atoms with van der Waals surface area (Å²) < 4.78 is 26.3. The summed E-state index contributed by atoms with van der Waals surface area (Å²) in [5.41, 5.74) is -0.733. The summed E-state index contributed by atoms with van der Waals surface area (Å²) in [6, 6.07) is 1.78. The Labute approximate surface area is 96.5 Å². The molecule has 1 unspecified atom stereocenters. The number of nitrogens with zero attached hydrogens (tertiary/aromatic N) is 1. The quantitative estimate of drug-likeness (QED) is 0.739. The van der Waals surface area contributed by atoms with Crippen LogP contribution in [0.25, 0.3) is 0 Å². The molecule has 6 heteroatoms. The van der Waals surface area contributed by atoms with Crippen molar-refractivity contribution >= 4 is 10.0 Å². The first-order valence-corrected chi connectivity index (χ1v) is 7.07. The third-order valence-electron chi connectivity index (χ3n) is 3.11. The molecule has 92 valence electrons. The molecule has 0 aromatic rings. The number of nitriles is 1. The van der Waals surface area contributed by atoms with Crippen LogP contribution < -0.4 is 4.72 Å². The Balaban J connectivity index is 2.83. The Morgan fingerprint density at radius 3 is 2.44 bits per heavy atom. The molecule has 1 fully saturated rings. The van der Waals surface area contributed by atoms with Crippen LogP contribution in [-0.4, -0.2) is 30.9 Å². The van der Waals surface area contributed by atoms with E-state index in [-0.39, 0.29) is 13.0 Å². The Bertz CT molecular complexity index is 366. The van der Waals surface area contributed by atoms with E-state index in [1.165, 1.54) is 0 Å². The number of aliphatic hydroxyl groups excluding tert-OH is 1. The maximum absolute atomic E-state index is 11.9. The lowest BCUT2D eigenvalue weighted by atomic mass is 10.0. The predicted octanol–water partition coefficient (Wildman–Crippen LogP) is 0.513. The van der Waals surface area contributed by atoms with Crippen molar-refractivity contribution in [2.75, 3.05) is 6.61 Å². The lowest BCUT2D eigenvalue weighted by Crippen LogP contribution is -2.51. The predicted molar refractivity (Wildman–Crippen MR) is 60.0 cm³/mol. The molecule has 1 aliphatic rings. The summed E-state index contributed by atoms with van der Waals surface area (Å²) >= 11 is 0. The molecule has 1 aliphatic carbocycles. The largest absolute Gasteiger partial charge is 0.394 e. The molecule has 1 saturated carbocycles. The smallest absolute Gasteiger partial charge is 0.228 e. The van der Waals surface area contributed by atoms with Crippen LogP contribution in [0.3, 0.4) is 0 Å². The van der Waals surface area contributed by atoms with Gasteiger partial charge in [-0.25, -0.2) is 13.1 Å². The Morgan fingerprint density at radius 2 is 2.06 bits per heavy atom. The first-order chi connectivity index (χ1) is 7.49. The zero-order valence-corrected chi connectivity index (χ0v) is 10.3. The van der Waals surface area contributed by atoms with E-state index < -0.39 is 20.8 Å². The van der Waals surface area contributed by atoms with Crippen molar-refractivity contribution in [3.63, 3.8) is 0 Å². The second-order valence-corrected chi connectivity index (χ2v) is 6.18. The van der Waals surface area contributed by atoms with Gasteiger partial charge in [-0.15, -0.1) is 0 Å². The summed E-state index contributed by atoms with van der Waals surface area (Å²) in [4.78, 5) is 0.